The van der Waals surface area contributed by atoms with Gasteiger partial charge in [-0.15, -0.1) is 0 Å². The number of imidazole rings is 1. The van der Waals surface area contributed by atoms with Crippen LogP contribution in [-0.2, 0) is 23.5 Å². The van der Waals surface area contributed by atoms with Gasteiger partial charge in [0.1, 0.15) is 6.54 Å². The number of anilines is 1. The summed E-state index contributed by atoms with van der Waals surface area (Å²) in [6, 6.07) is 18.3. The van der Waals surface area contributed by atoms with Crippen LogP contribution >= 0.6 is 11.8 Å². The van der Waals surface area contributed by atoms with Gasteiger partial charge in [0.2, 0.25) is 5.91 Å². The van der Waals surface area contributed by atoms with Gasteiger partial charge in [0.05, 0.1) is 17.2 Å². The number of pyridine rings is 1. The standard InChI is InChI=1S/C24H24N4OS/c1-3-18-7-5-9-20(13-18)26-23(29)15-28-22-14-25-11-10-21(22)27-24(28)30-16-19-8-4-6-17(2)12-19/h4-14H,3,15-16H2,1-2H3,(H,26,29). The van der Waals surface area contributed by atoms with Gasteiger partial charge in [0.15, 0.2) is 5.16 Å². The maximum Gasteiger partial charge on any atom is 0.244 e. The fourth-order valence-corrected chi connectivity index (χ4v) is 4.33. The number of carbonyl (C=O) groups excluding carboxylic acids is 1. The number of aromatic nitrogens is 3. The zero-order valence-corrected chi connectivity index (χ0v) is 17.9. The lowest BCUT2D eigenvalue weighted by Crippen LogP contribution is -2.19. The summed E-state index contributed by atoms with van der Waals surface area (Å²) < 4.78 is 1.95. The van der Waals surface area contributed by atoms with Crippen LogP contribution in [0.4, 0.5) is 5.69 Å². The van der Waals surface area contributed by atoms with Gasteiger partial charge in [-0.05, 0) is 42.7 Å². The molecule has 30 heavy (non-hydrogen) atoms. The number of benzene rings is 2. The van der Waals surface area contributed by atoms with E-state index in [-0.39, 0.29) is 12.5 Å². The highest BCUT2D eigenvalue weighted by molar-refractivity contribution is 7.98. The maximum absolute atomic E-state index is 12.8. The molecule has 2 heterocycles. The van der Waals surface area contributed by atoms with Gasteiger partial charge in [-0.3, -0.25) is 9.78 Å². The molecule has 0 aliphatic carbocycles. The van der Waals surface area contributed by atoms with Crippen LogP contribution in [-0.4, -0.2) is 20.4 Å². The second kappa shape index (κ2) is 9.13. The molecule has 152 valence electrons. The Morgan fingerprint density at radius 3 is 2.77 bits per heavy atom. The molecule has 0 spiro atoms. The highest BCUT2D eigenvalue weighted by Gasteiger charge is 2.15. The van der Waals surface area contributed by atoms with Crippen LogP contribution < -0.4 is 5.32 Å². The number of aryl methyl sites for hydroxylation is 2. The van der Waals surface area contributed by atoms with Crippen LogP contribution in [0.5, 0.6) is 0 Å². The molecule has 5 nitrogen and oxygen atoms in total. The van der Waals surface area contributed by atoms with E-state index >= 15 is 0 Å². The summed E-state index contributed by atoms with van der Waals surface area (Å²) in [5.41, 5.74) is 6.19. The minimum absolute atomic E-state index is 0.0798. The topological polar surface area (TPSA) is 59.8 Å². The first-order valence-electron chi connectivity index (χ1n) is 10.00. The highest BCUT2D eigenvalue weighted by atomic mass is 32.2. The number of nitrogens with one attached hydrogen (secondary N) is 1. The SMILES string of the molecule is CCc1cccc(NC(=O)Cn2c(SCc3cccc(C)c3)nc3ccncc32)c1. The Morgan fingerprint density at radius 2 is 1.93 bits per heavy atom. The Bertz CT molecular complexity index is 1180. The molecule has 4 rings (SSSR count). The van der Waals surface area contributed by atoms with Crippen LogP contribution in [0, 0.1) is 6.92 Å². The Hall–Kier alpha value is -3.12. The van der Waals surface area contributed by atoms with E-state index in [1.54, 1.807) is 24.2 Å². The minimum Gasteiger partial charge on any atom is -0.325 e. The third-order valence-electron chi connectivity index (χ3n) is 4.89. The summed E-state index contributed by atoms with van der Waals surface area (Å²) in [4.78, 5) is 21.8. The normalized spacial score (nSPS) is 11.0. The van der Waals surface area contributed by atoms with Crippen LogP contribution in [0.1, 0.15) is 23.6 Å². The monoisotopic (exact) mass is 416 g/mol. The van der Waals surface area contributed by atoms with Crippen molar-refractivity contribution in [3.63, 3.8) is 0 Å². The molecule has 0 unspecified atom stereocenters. The number of amides is 1. The quantitative estimate of drug-likeness (QED) is 0.419. The van der Waals surface area contributed by atoms with Gasteiger partial charge >= 0.3 is 0 Å². The van der Waals surface area contributed by atoms with Gasteiger partial charge in [-0.25, -0.2) is 4.98 Å². The van der Waals surface area contributed by atoms with Crippen molar-refractivity contribution in [1.29, 1.82) is 0 Å². The van der Waals surface area contributed by atoms with Crippen LogP contribution in [0.25, 0.3) is 11.0 Å². The van der Waals surface area contributed by atoms with Crippen molar-refractivity contribution in [2.45, 2.75) is 37.7 Å². The first kappa shape index (κ1) is 20.2. The van der Waals surface area contributed by atoms with Gasteiger partial charge in [0.25, 0.3) is 0 Å². The van der Waals surface area contributed by atoms with Gasteiger partial charge in [0, 0.05) is 17.6 Å². The van der Waals surface area contributed by atoms with Gasteiger partial charge in [-0.1, -0.05) is 60.6 Å². The number of rotatable bonds is 7. The second-order valence-corrected chi connectivity index (χ2v) is 8.17. The summed E-state index contributed by atoms with van der Waals surface area (Å²) in [5.74, 6) is 0.710. The molecule has 0 saturated carbocycles. The van der Waals surface area contributed by atoms with E-state index in [4.69, 9.17) is 4.98 Å². The van der Waals surface area contributed by atoms with Crippen LogP contribution in [0.3, 0.4) is 0 Å². The summed E-state index contributed by atoms with van der Waals surface area (Å²) in [6.45, 7) is 4.38. The third-order valence-corrected chi connectivity index (χ3v) is 5.93. The molecule has 0 saturated heterocycles. The van der Waals surface area contributed by atoms with E-state index in [0.29, 0.717) is 0 Å². The Morgan fingerprint density at radius 1 is 1.10 bits per heavy atom. The molecule has 0 fully saturated rings. The molecule has 0 atom stereocenters. The molecule has 6 heteroatoms. The summed E-state index contributed by atoms with van der Waals surface area (Å²) in [7, 11) is 0. The van der Waals surface area contributed by atoms with E-state index in [0.717, 1.165) is 34.1 Å². The fraction of sp³-hybridized carbons (Fsp3) is 0.208. The lowest BCUT2D eigenvalue weighted by molar-refractivity contribution is -0.116. The molecule has 0 radical (unpaired) electrons. The molecule has 0 aliphatic heterocycles. The Kier molecular flexibility index (Phi) is 6.14. The van der Waals surface area contributed by atoms with Crippen molar-refractivity contribution in [2.75, 3.05) is 5.32 Å². The number of fused-ring (bicyclic) bond motifs is 1. The maximum atomic E-state index is 12.8. The third kappa shape index (κ3) is 4.71. The van der Waals surface area contributed by atoms with Crippen molar-refractivity contribution in [3.05, 3.63) is 83.7 Å². The highest BCUT2D eigenvalue weighted by Crippen LogP contribution is 2.27. The smallest absolute Gasteiger partial charge is 0.244 e. The molecule has 0 aliphatic rings. The predicted molar refractivity (Wildman–Crippen MR) is 123 cm³/mol. The van der Waals surface area contributed by atoms with E-state index in [2.05, 4.69) is 54.5 Å². The number of hydrogen-bond acceptors (Lipinski definition) is 4. The first-order valence-corrected chi connectivity index (χ1v) is 11.0. The lowest BCUT2D eigenvalue weighted by atomic mass is 10.1. The number of thioether (sulfide) groups is 1. The molecule has 0 bridgehead atoms. The van der Waals surface area contributed by atoms with Crippen LogP contribution in [0.15, 0.2) is 72.1 Å². The molecule has 4 aromatic rings. The van der Waals surface area contributed by atoms with Crippen molar-refractivity contribution >= 4 is 34.4 Å². The Balaban J connectivity index is 1.55. The first-order chi connectivity index (χ1) is 14.6. The van der Waals surface area contributed by atoms with Crippen LogP contribution in [0.2, 0.25) is 0 Å². The van der Waals surface area contributed by atoms with Crippen molar-refractivity contribution < 1.29 is 4.79 Å². The Labute approximate surface area is 180 Å². The second-order valence-electron chi connectivity index (χ2n) is 7.22. The molecule has 1 amide bonds. The summed E-state index contributed by atoms with van der Waals surface area (Å²) >= 11 is 1.63. The van der Waals surface area contributed by atoms with Gasteiger partial charge in [-0.2, -0.15) is 0 Å². The molecule has 1 N–H and O–H groups in total. The van der Waals surface area contributed by atoms with E-state index in [1.807, 2.05) is 28.8 Å². The van der Waals surface area contributed by atoms with Crippen molar-refractivity contribution in [3.8, 4) is 0 Å². The van der Waals surface area contributed by atoms with E-state index in [9.17, 15) is 4.79 Å². The van der Waals surface area contributed by atoms with E-state index < -0.39 is 0 Å². The zero-order valence-electron chi connectivity index (χ0n) is 17.1. The number of carbonyl (C=O) groups is 1. The molecular formula is C24H24N4OS. The zero-order chi connectivity index (χ0) is 20.9. The largest absolute Gasteiger partial charge is 0.325 e. The molecule has 2 aromatic carbocycles. The van der Waals surface area contributed by atoms with Gasteiger partial charge < -0.3 is 9.88 Å². The molecular weight excluding hydrogens is 392 g/mol. The van der Waals surface area contributed by atoms with Crippen molar-refractivity contribution in [2.24, 2.45) is 0 Å². The lowest BCUT2D eigenvalue weighted by Gasteiger charge is -2.10. The fourth-order valence-electron chi connectivity index (χ4n) is 3.37. The van der Waals surface area contributed by atoms with E-state index in [1.165, 1.54) is 16.7 Å². The summed E-state index contributed by atoms with van der Waals surface area (Å²) in [5, 5.41) is 3.83. The number of nitrogens with zero attached hydrogens (tertiary/aromatic N) is 3. The molecule has 2 aromatic heterocycles. The number of hydrogen-bond donors (Lipinski definition) is 1. The average Bonchev–Trinajstić information content (AvgIpc) is 3.10. The minimum atomic E-state index is -0.0798. The average molecular weight is 417 g/mol. The summed E-state index contributed by atoms with van der Waals surface area (Å²) in [6.07, 6.45) is 4.43. The predicted octanol–water partition coefficient (Wildman–Crippen LogP) is 5.23. The van der Waals surface area contributed by atoms with Crippen molar-refractivity contribution in [1.82, 2.24) is 14.5 Å².